The second-order valence-corrected chi connectivity index (χ2v) is 8.25. The summed E-state index contributed by atoms with van der Waals surface area (Å²) in [6, 6.07) is 18.5. The number of hydrogen-bond donors (Lipinski definition) is 1. The number of fused-ring (bicyclic) bond motifs is 2. The summed E-state index contributed by atoms with van der Waals surface area (Å²) in [5, 5.41) is 0. The predicted molar refractivity (Wildman–Crippen MR) is 108 cm³/mol. The lowest BCUT2D eigenvalue weighted by atomic mass is 10.1. The van der Waals surface area contributed by atoms with E-state index in [9.17, 15) is 13.2 Å². The summed E-state index contributed by atoms with van der Waals surface area (Å²) in [6.07, 6.45) is 0. The highest BCUT2D eigenvalue weighted by Gasteiger charge is 2.26. The van der Waals surface area contributed by atoms with Crippen molar-refractivity contribution in [1.29, 1.82) is 0 Å². The Hall–Kier alpha value is -3.32. The van der Waals surface area contributed by atoms with Crippen LogP contribution in [0.5, 0.6) is 11.5 Å². The maximum Gasteiger partial charge on any atom is 0.261 e. The molecule has 1 aliphatic heterocycles. The molecule has 0 aromatic heterocycles. The summed E-state index contributed by atoms with van der Waals surface area (Å²) in [5.74, 6) is 0.655. The third kappa shape index (κ3) is 3.20. The first-order valence-electron chi connectivity index (χ1n) is 8.64. The number of nitrogens with zero attached hydrogens (tertiary/aromatic N) is 1. The van der Waals surface area contributed by atoms with Gasteiger partial charge in [0.2, 0.25) is 0 Å². The van der Waals surface area contributed by atoms with Crippen molar-refractivity contribution >= 4 is 27.3 Å². The Labute approximate surface area is 163 Å². The number of amides is 1. The van der Waals surface area contributed by atoms with Crippen LogP contribution in [0.3, 0.4) is 0 Å². The molecule has 28 heavy (non-hydrogen) atoms. The van der Waals surface area contributed by atoms with Gasteiger partial charge in [-0.05, 0) is 55.0 Å². The molecule has 0 atom stereocenters. The number of nitrogens with one attached hydrogen (secondary N) is 1. The van der Waals surface area contributed by atoms with Gasteiger partial charge in [0.05, 0.1) is 16.1 Å². The fraction of sp³-hybridized carbons (Fsp3) is 0.0952. The van der Waals surface area contributed by atoms with E-state index in [0.29, 0.717) is 17.2 Å². The number of carbonyl (C=O) groups is 1. The lowest BCUT2D eigenvalue weighted by Gasteiger charge is -2.16. The minimum absolute atomic E-state index is 0.162. The maximum atomic E-state index is 12.9. The highest BCUT2D eigenvalue weighted by atomic mass is 32.2. The summed E-state index contributed by atoms with van der Waals surface area (Å²) < 4.78 is 33.8. The molecule has 0 radical (unpaired) electrons. The predicted octanol–water partition coefficient (Wildman–Crippen LogP) is 4.18. The Morgan fingerprint density at radius 2 is 1.71 bits per heavy atom. The molecule has 0 aliphatic carbocycles. The number of hydrogen-bond acceptors (Lipinski definition) is 4. The molecule has 1 N–H and O–H groups in total. The molecule has 142 valence electrons. The van der Waals surface area contributed by atoms with Crippen molar-refractivity contribution in [3.8, 4) is 11.5 Å². The van der Waals surface area contributed by atoms with Gasteiger partial charge in [-0.3, -0.25) is 9.52 Å². The third-order valence-corrected chi connectivity index (χ3v) is 5.89. The van der Waals surface area contributed by atoms with E-state index >= 15 is 0 Å². The van der Waals surface area contributed by atoms with E-state index in [1.54, 1.807) is 43.4 Å². The van der Waals surface area contributed by atoms with Crippen LogP contribution in [0.4, 0.5) is 11.4 Å². The smallest absolute Gasteiger partial charge is 0.261 e. The van der Waals surface area contributed by atoms with Crippen LogP contribution in [0.2, 0.25) is 0 Å². The zero-order valence-electron chi connectivity index (χ0n) is 15.3. The van der Waals surface area contributed by atoms with Gasteiger partial charge in [0.1, 0.15) is 5.75 Å². The van der Waals surface area contributed by atoms with Crippen molar-refractivity contribution in [1.82, 2.24) is 0 Å². The molecule has 6 nitrogen and oxygen atoms in total. The molecule has 1 aliphatic rings. The molecule has 0 saturated carbocycles. The first kappa shape index (κ1) is 18.1. The van der Waals surface area contributed by atoms with Gasteiger partial charge in [-0.15, -0.1) is 0 Å². The third-order valence-electron chi connectivity index (χ3n) is 4.51. The lowest BCUT2D eigenvalue weighted by molar-refractivity contribution is 0.0993. The molecule has 0 unspecified atom stereocenters. The first-order valence-corrected chi connectivity index (χ1v) is 10.1. The van der Waals surface area contributed by atoms with Crippen LogP contribution in [-0.2, 0) is 10.0 Å². The van der Waals surface area contributed by atoms with Gasteiger partial charge in [-0.25, -0.2) is 8.42 Å². The maximum absolute atomic E-state index is 12.9. The Morgan fingerprint density at radius 3 is 2.50 bits per heavy atom. The minimum atomic E-state index is -3.77. The number of sulfonamides is 1. The van der Waals surface area contributed by atoms with E-state index in [2.05, 4.69) is 4.72 Å². The van der Waals surface area contributed by atoms with Crippen molar-refractivity contribution in [2.24, 2.45) is 0 Å². The summed E-state index contributed by atoms with van der Waals surface area (Å²) in [5.41, 5.74) is 2.05. The Kier molecular flexibility index (Phi) is 4.31. The summed E-state index contributed by atoms with van der Waals surface area (Å²) >= 11 is 0. The lowest BCUT2D eigenvalue weighted by Crippen LogP contribution is -2.25. The molecule has 0 spiro atoms. The number of aryl methyl sites for hydroxylation is 1. The van der Waals surface area contributed by atoms with E-state index in [-0.39, 0.29) is 22.1 Å². The number of carbonyl (C=O) groups excluding carboxylic acids is 1. The van der Waals surface area contributed by atoms with Crippen LogP contribution in [0.25, 0.3) is 0 Å². The fourth-order valence-corrected chi connectivity index (χ4v) is 4.23. The SMILES string of the molecule is Cc1cccc(S(=O)(=O)Nc2ccc3c(c2)C(=O)N(C)c2ccccc2O3)c1. The first-order chi connectivity index (χ1) is 13.3. The van der Waals surface area contributed by atoms with Gasteiger partial charge < -0.3 is 9.64 Å². The molecule has 1 amide bonds. The standard InChI is InChI=1S/C21H18N2O4S/c1-14-6-5-7-16(12-14)28(25,26)22-15-10-11-19-17(13-15)21(24)23(2)18-8-3-4-9-20(18)27-19/h3-13,22H,1-2H3. The van der Waals surface area contributed by atoms with Crippen molar-refractivity contribution in [2.75, 3.05) is 16.7 Å². The largest absolute Gasteiger partial charge is 0.454 e. The van der Waals surface area contributed by atoms with Gasteiger partial charge in [0.25, 0.3) is 15.9 Å². The second kappa shape index (κ2) is 6.69. The molecule has 7 heteroatoms. The van der Waals surface area contributed by atoms with Crippen molar-refractivity contribution in [3.05, 3.63) is 77.9 Å². The van der Waals surface area contributed by atoms with Crippen molar-refractivity contribution in [2.45, 2.75) is 11.8 Å². The monoisotopic (exact) mass is 394 g/mol. The van der Waals surface area contributed by atoms with Gasteiger partial charge in [-0.1, -0.05) is 24.3 Å². The molecular weight excluding hydrogens is 376 g/mol. The van der Waals surface area contributed by atoms with Gasteiger partial charge >= 0.3 is 0 Å². The highest BCUT2D eigenvalue weighted by Crippen LogP contribution is 2.39. The average Bonchev–Trinajstić information content (AvgIpc) is 2.77. The van der Waals surface area contributed by atoms with E-state index in [4.69, 9.17) is 4.74 Å². The number of ether oxygens (including phenoxy) is 1. The van der Waals surface area contributed by atoms with E-state index in [1.807, 2.05) is 25.1 Å². The average molecular weight is 394 g/mol. The molecular formula is C21H18N2O4S. The molecule has 1 heterocycles. The van der Waals surface area contributed by atoms with E-state index in [0.717, 1.165) is 5.56 Å². The molecule has 3 aromatic rings. The van der Waals surface area contributed by atoms with Crippen molar-refractivity contribution < 1.29 is 17.9 Å². The van der Waals surface area contributed by atoms with Crippen molar-refractivity contribution in [3.63, 3.8) is 0 Å². The zero-order chi connectivity index (χ0) is 19.9. The Morgan fingerprint density at radius 1 is 0.929 bits per heavy atom. The van der Waals surface area contributed by atoms with Crippen LogP contribution >= 0.6 is 0 Å². The van der Waals surface area contributed by atoms with E-state index in [1.165, 1.54) is 17.0 Å². The van der Waals surface area contributed by atoms with Crippen LogP contribution in [0.15, 0.2) is 71.6 Å². The normalized spacial score (nSPS) is 13.2. The van der Waals surface area contributed by atoms with Gasteiger partial charge in [-0.2, -0.15) is 0 Å². The summed E-state index contributed by atoms with van der Waals surface area (Å²) in [4.78, 5) is 14.5. The number of rotatable bonds is 3. The van der Waals surface area contributed by atoms with Gasteiger partial charge in [0, 0.05) is 12.7 Å². The molecule has 4 rings (SSSR count). The van der Waals surface area contributed by atoms with Crippen LogP contribution in [-0.4, -0.2) is 21.4 Å². The summed E-state index contributed by atoms with van der Waals surface area (Å²) in [6.45, 7) is 1.82. The minimum Gasteiger partial charge on any atom is -0.454 e. The second-order valence-electron chi connectivity index (χ2n) is 6.57. The fourth-order valence-electron chi connectivity index (χ4n) is 3.08. The molecule has 3 aromatic carbocycles. The number of para-hydroxylation sites is 2. The molecule has 0 fully saturated rings. The quantitative estimate of drug-likeness (QED) is 0.723. The Bertz CT molecular complexity index is 1190. The zero-order valence-corrected chi connectivity index (χ0v) is 16.2. The molecule has 0 saturated heterocycles. The van der Waals surface area contributed by atoms with E-state index < -0.39 is 10.0 Å². The Balaban J connectivity index is 1.71. The van der Waals surface area contributed by atoms with Crippen LogP contribution in [0.1, 0.15) is 15.9 Å². The van der Waals surface area contributed by atoms with Crippen LogP contribution in [0, 0.1) is 6.92 Å². The number of anilines is 2. The molecule has 0 bridgehead atoms. The highest BCUT2D eigenvalue weighted by molar-refractivity contribution is 7.92. The summed E-state index contributed by atoms with van der Waals surface area (Å²) in [7, 11) is -2.12. The van der Waals surface area contributed by atoms with Gasteiger partial charge in [0.15, 0.2) is 5.75 Å². The van der Waals surface area contributed by atoms with Crippen LogP contribution < -0.4 is 14.4 Å². The topological polar surface area (TPSA) is 75.7 Å². The number of benzene rings is 3.